The lowest BCUT2D eigenvalue weighted by Gasteiger charge is -2.09. The molecule has 0 saturated heterocycles. The highest BCUT2D eigenvalue weighted by Crippen LogP contribution is 2.19. The quantitative estimate of drug-likeness (QED) is 0.892. The molecular formula is C15H13ClFNO2. The van der Waals surface area contributed by atoms with Crippen LogP contribution in [0.3, 0.4) is 0 Å². The number of aryl methyl sites for hydroxylation is 1. The normalized spacial score (nSPS) is 10.3. The molecule has 0 saturated carbocycles. The summed E-state index contributed by atoms with van der Waals surface area (Å²) in [5.74, 6) is -1.39. The van der Waals surface area contributed by atoms with Gasteiger partial charge in [0, 0.05) is 12.2 Å². The molecule has 2 N–H and O–H groups in total. The first kappa shape index (κ1) is 14.3. The van der Waals surface area contributed by atoms with Gasteiger partial charge in [0.25, 0.3) is 0 Å². The van der Waals surface area contributed by atoms with Gasteiger partial charge in [-0.1, -0.05) is 17.7 Å². The molecule has 104 valence electrons. The Morgan fingerprint density at radius 1 is 1.30 bits per heavy atom. The predicted octanol–water partition coefficient (Wildman–Crippen LogP) is 4.10. The number of benzene rings is 2. The molecule has 0 spiro atoms. The molecule has 0 heterocycles. The summed E-state index contributed by atoms with van der Waals surface area (Å²) in [5.41, 5.74) is 2.60. The van der Waals surface area contributed by atoms with Crippen molar-refractivity contribution in [1.29, 1.82) is 0 Å². The fraction of sp³-hybridized carbons (Fsp3) is 0.133. The Balaban J connectivity index is 2.09. The Morgan fingerprint density at radius 2 is 2.05 bits per heavy atom. The second-order valence-corrected chi connectivity index (χ2v) is 4.84. The van der Waals surface area contributed by atoms with E-state index in [0.717, 1.165) is 11.3 Å². The number of halogens is 2. The van der Waals surface area contributed by atoms with Crippen LogP contribution < -0.4 is 5.32 Å². The molecule has 20 heavy (non-hydrogen) atoms. The lowest BCUT2D eigenvalue weighted by atomic mass is 10.1. The first-order valence-corrected chi connectivity index (χ1v) is 6.37. The molecule has 0 radical (unpaired) electrons. The lowest BCUT2D eigenvalue weighted by Crippen LogP contribution is -2.03. The van der Waals surface area contributed by atoms with E-state index in [1.165, 1.54) is 6.07 Å². The van der Waals surface area contributed by atoms with Crippen LogP contribution >= 0.6 is 11.6 Å². The molecular weight excluding hydrogens is 281 g/mol. The second kappa shape index (κ2) is 5.92. The third-order valence-electron chi connectivity index (χ3n) is 2.94. The number of hydrogen-bond donors (Lipinski definition) is 2. The maximum absolute atomic E-state index is 13.0. The third-order valence-corrected chi connectivity index (χ3v) is 3.23. The Bertz CT molecular complexity index is 658. The molecule has 0 aliphatic heterocycles. The van der Waals surface area contributed by atoms with Gasteiger partial charge in [0.1, 0.15) is 5.82 Å². The fourth-order valence-corrected chi connectivity index (χ4v) is 2.07. The van der Waals surface area contributed by atoms with Crippen LogP contribution in [0.4, 0.5) is 10.1 Å². The van der Waals surface area contributed by atoms with E-state index >= 15 is 0 Å². The van der Waals surface area contributed by atoms with Gasteiger partial charge in [-0.2, -0.15) is 0 Å². The van der Waals surface area contributed by atoms with Crippen LogP contribution in [0.5, 0.6) is 0 Å². The van der Waals surface area contributed by atoms with E-state index < -0.39 is 11.8 Å². The van der Waals surface area contributed by atoms with Gasteiger partial charge < -0.3 is 10.4 Å². The molecule has 2 aromatic rings. The minimum absolute atomic E-state index is 0.0849. The smallest absolute Gasteiger partial charge is 0.335 e. The zero-order valence-electron chi connectivity index (χ0n) is 10.8. The maximum atomic E-state index is 13.0. The standard InChI is InChI=1S/C15H13ClFNO2/c1-9-6-11(3-4-12(9)15(19)20)18-8-10-2-5-14(17)13(16)7-10/h2-7,18H,8H2,1H3,(H,19,20). The van der Waals surface area contributed by atoms with Crippen molar-refractivity contribution in [2.24, 2.45) is 0 Å². The van der Waals surface area contributed by atoms with Crippen molar-refractivity contribution in [2.45, 2.75) is 13.5 Å². The Morgan fingerprint density at radius 3 is 2.65 bits per heavy atom. The summed E-state index contributed by atoms with van der Waals surface area (Å²) >= 11 is 5.71. The Labute approximate surface area is 121 Å². The number of nitrogens with one attached hydrogen (secondary N) is 1. The fourth-order valence-electron chi connectivity index (χ4n) is 1.87. The Hall–Kier alpha value is -2.07. The van der Waals surface area contributed by atoms with Gasteiger partial charge in [-0.15, -0.1) is 0 Å². The summed E-state index contributed by atoms with van der Waals surface area (Å²) < 4.78 is 13.0. The summed E-state index contributed by atoms with van der Waals surface area (Å²) in [6.07, 6.45) is 0. The van der Waals surface area contributed by atoms with E-state index in [4.69, 9.17) is 16.7 Å². The number of carboxylic acid groups (broad SMARTS) is 1. The van der Waals surface area contributed by atoms with Crippen LogP contribution in [0.1, 0.15) is 21.5 Å². The van der Waals surface area contributed by atoms with E-state index in [2.05, 4.69) is 5.32 Å². The molecule has 0 aliphatic rings. The van der Waals surface area contributed by atoms with Gasteiger partial charge in [-0.25, -0.2) is 9.18 Å². The molecule has 0 unspecified atom stereocenters. The minimum Gasteiger partial charge on any atom is -0.478 e. The molecule has 0 bridgehead atoms. The predicted molar refractivity (Wildman–Crippen MR) is 76.9 cm³/mol. The van der Waals surface area contributed by atoms with Gasteiger partial charge in [-0.05, 0) is 48.4 Å². The van der Waals surface area contributed by atoms with Crippen molar-refractivity contribution < 1.29 is 14.3 Å². The highest BCUT2D eigenvalue weighted by atomic mass is 35.5. The highest BCUT2D eigenvalue weighted by Gasteiger charge is 2.07. The van der Waals surface area contributed by atoms with Crippen LogP contribution in [0.2, 0.25) is 5.02 Å². The molecule has 5 heteroatoms. The number of carboxylic acids is 1. The van der Waals surface area contributed by atoms with Crippen molar-refractivity contribution in [3.05, 3.63) is 63.9 Å². The lowest BCUT2D eigenvalue weighted by molar-refractivity contribution is 0.0696. The van der Waals surface area contributed by atoms with Crippen LogP contribution in [0.25, 0.3) is 0 Å². The average molecular weight is 294 g/mol. The molecule has 0 aromatic heterocycles. The van der Waals surface area contributed by atoms with Crippen LogP contribution in [0, 0.1) is 12.7 Å². The van der Waals surface area contributed by atoms with E-state index in [-0.39, 0.29) is 10.6 Å². The number of carbonyl (C=O) groups is 1. The van der Waals surface area contributed by atoms with Crippen molar-refractivity contribution in [3.63, 3.8) is 0 Å². The molecule has 0 aliphatic carbocycles. The maximum Gasteiger partial charge on any atom is 0.335 e. The van der Waals surface area contributed by atoms with Gasteiger partial charge >= 0.3 is 5.97 Å². The summed E-state index contributed by atoms with van der Waals surface area (Å²) in [7, 11) is 0. The third kappa shape index (κ3) is 3.27. The topological polar surface area (TPSA) is 49.3 Å². The molecule has 2 rings (SSSR count). The van der Waals surface area contributed by atoms with Gasteiger partial charge in [0.15, 0.2) is 0 Å². The molecule has 2 aromatic carbocycles. The molecule has 0 amide bonds. The van der Waals surface area contributed by atoms with Crippen molar-refractivity contribution >= 4 is 23.3 Å². The highest BCUT2D eigenvalue weighted by molar-refractivity contribution is 6.30. The van der Waals surface area contributed by atoms with Crippen molar-refractivity contribution in [1.82, 2.24) is 0 Å². The van der Waals surface area contributed by atoms with Gasteiger partial charge in [0.05, 0.1) is 10.6 Å². The second-order valence-electron chi connectivity index (χ2n) is 4.44. The zero-order chi connectivity index (χ0) is 14.7. The monoisotopic (exact) mass is 293 g/mol. The number of hydrogen-bond acceptors (Lipinski definition) is 2. The number of aromatic carboxylic acids is 1. The first-order valence-electron chi connectivity index (χ1n) is 5.99. The van der Waals surface area contributed by atoms with E-state index in [1.54, 1.807) is 37.3 Å². The largest absolute Gasteiger partial charge is 0.478 e. The number of rotatable bonds is 4. The van der Waals surface area contributed by atoms with E-state index in [9.17, 15) is 9.18 Å². The SMILES string of the molecule is Cc1cc(NCc2ccc(F)c(Cl)c2)ccc1C(=O)O. The summed E-state index contributed by atoms with van der Waals surface area (Å²) in [5, 5.41) is 12.2. The van der Waals surface area contributed by atoms with Crippen LogP contribution in [-0.4, -0.2) is 11.1 Å². The summed E-state index contributed by atoms with van der Waals surface area (Å²) in [6.45, 7) is 2.22. The summed E-state index contributed by atoms with van der Waals surface area (Å²) in [6, 6.07) is 9.53. The average Bonchev–Trinajstić information content (AvgIpc) is 2.40. The zero-order valence-corrected chi connectivity index (χ0v) is 11.5. The van der Waals surface area contributed by atoms with Crippen LogP contribution in [0.15, 0.2) is 36.4 Å². The van der Waals surface area contributed by atoms with Crippen LogP contribution in [-0.2, 0) is 6.54 Å². The minimum atomic E-state index is -0.945. The Kier molecular flexibility index (Phi) is 4.25. The molecule has 0 atom stereocenters. The number of anilines is 1. The van der Waals surface area contributed by atoms with Crippen molar-refractivity contribution in [2.75, 3.05) is 5.32 Å². The first-order chi connectivity index (χ1) is 9.47. The van der Waals surface area contributed by atoms with Crippen molar-refractivity contribution in [3.8, 4) is 0 Å². The van der Waals surface area contributed by atoms with Gasteiger partial charge in [-0.3, -0.25) is 0 Å². The van der Waals surface area contributed by atoms with E-state index in [1.807, 2.05) is 0 Å². The van der Waals surface area contributed by atoms with E-state index in [0.29, 0.717) is 12.1 Å². The molecule has 3 nitrogen and oxygen atoms in total. The molecule has 0 fully saturated rings. The van der Waals surface area contributed by atoms with Gasteiger partial charge in [0.2, 0.25) is 0 Å². The summed E-state index contributed by atoms with van der Waals surface area (Å²) in [4.78, 5) is 10.9.